The Bertz CT molecular complexity index is 944. The third kappa shape index (κ3) is 7.67. The molecule has 1 aromatic carbocycles. The number of hydrogen-bond donors (Lipinski definition) is 1. The molecular formula is C21H25F6NO3S. The average molecular weight is 485 g/mol. The van der Waals surface area contributed by atoms with Crippen molar-refractivity contribution in [3.05, 3.63) is 34.9 Å². The van der Waals surface area contributed by atoms with Crippen molar-refractivity contribution in [1.29, 1.82) is 0 Å². The second-order valence-electron chi connectivity index (χ2n) is 9.00. The summed E-state index contributed by atoms with van der Waals surface area (Å²) < 4.78 is 110. The van der Waals surface area contributed by atoms with Crippen LogP contribution in [-0.2, 0) is 22.5 Å². The Morgan fingerprint density at radius 2 is 1.47 bits per heavy atom. The molecule has 0 aliphatic carbocycles. The molecule has 180 valence electrons. The van der Waals surface area contributed by atoms with Gasteiger partial charge in [0.05, 0.1) is 17.2 Å². The molecule has 1 aromatic rings. The first-order valence-corrected chi connectivity index (χ1v) is 11.5. The molecule has 1 fully saturated rings. The first-order chi connectivity index (χ1) is 14.4. The van der Waals surface area contributed by atoms with Gasteiger partial charge in [-0.05, 0) is 55.5 Å². The minimum atomic E-state index is -5.01. The smallest absolute Gasteiger partial charge is 0.289 e. The first kappa shape index (κ1) is 26.5. The number of rotatable bonds is 3. The van der Waals surface area contributed by atoms with Crippen LogP contribution in [0.2, 0.25) is 0 Å². The number of hydrogen-bond acceptors (Lipinski definition) is 3. The van der Waals surface area contributed by atoms with Crippen molar-refractivity contribution in [2.45, 2.75) is 52.0 Å². The summed E-state index contributed by atoms with van der Waals surface area (Å²) in [5, 5.41) is 0. The van der Waals surface area contributed by atoms with E-state index >= 15 is 0 Å². The van der Waals surface area contributed by atoms with Gasteiger partial charge in [-0.25, -0.2) is 0 Å². The van der Waals surface area contributed by atoms with Gasteiger partial charge in [0.1, 0.15) is 5.75 Å². The normalized spacial score (nSPS) is 18.2. The van der Waals surface area contributed by atoms with E-state index in [4.69, 9.17) is 0 Å². The first-order valence-electron chi connectivity index (χ1n) is 9.86. The van der Waals surface area contributed by atoms with Crippen molar-refractivity contribution in [3.63, 3.8) is 0 Å². The fourth-order valence-corrected chi connectivity index (χ4v) is 4.40. The second-order valence-corrected chi connectivity index (χ2v) is 10.5. The number of piperidine rings is 1. The van der Waals surface area contributed by atoms with Crippen LogP contribution in [0.25, 0.3) is 0 Å². The van der Waals surface area contributed by atoms with Crippen molar-refractivity contribution < 1.29 is 39.3 Å². The molecule has 0 spiro atoms. The Balaban J connectivity index is 2.39. The molecule has 1 aliphatic rings. The van der Waals surface area contributed by atoms with E-state index in [1.54, 1.807) is 4.90 Å². The SMILES string of the molecule is CC(C)(C)C1CCN(C(C#Cc2cc(C(F)(F)F)cc(C(F)(F)F)c2)CS(=O)(=O)O)CC1. The molecule has 0 saturated carbocycles. The zero-order valence-corrected chi connectivity index (χ0v) is 18.6. The summed E-state index contributed by atoms with van der Waals surface area (Å²) >= 11 is 0. The summed E-state index contributed by atoms with van der Waals surface area (Å²) in [6.07, 6.45) is -8.59. The Morgan fingerprint density at radius 1 is 1.00 bits per heavy atom. The van der Waals surface area contributed by atoms with Crippen LogP contribution in [0.15, 0.2) is 18.2 Å². The molecule has 1 N–H and O–H groups in total. The van der Waals surface area contributed by atoms with E-state index in [-0.39, 0.29) is 11.5 Å². The van der Waals surface area contributed by atoms with Crippen LogP contribution < -0.4 is 0 Å². The predicted octanol–water partition coefficient (Wildman–Crippen LogP) is 5.09. The summed E-state index contributed by atoms with van der Waals surface area (Å²) in [5.74, 6) is 4.30. The highest BCUT2D eigenvalue weighted by atomic mass is 32.2. The van der Waals surface area contributed by atoms with Gasteiger partial charge in [0, 0.05) is 5.56 Å². The second kappa shape index (κ2) is 9.23. The lowest BCUT2D eigenvalue weighted by Crippen LogP contribution is -2.45. The molecule has 1 unspecified atom stereocenters. The number of likely N-dealkylation sites (tertiary alicyclic amines) is 1. The Kier molecular flexibility index (Phi) is 7.64. The molecule has 0 radical (unpaired) electrons. The zero-order chi connectivity index (χ0) is 24.5. The van der Waals surface area contributed by atoms with E-state index in [2.05, 4.69) is 32.6 Å². The maximum absolute atomic E-state index is 13.0. The molecule has 4 nitrogen and oxygen atoms in total. The van der Waals surface area contributed by atoms with Gasteiger partial charge < -0.3 is 0 Å². The fourth-order valence-electron chi connectivity index (χ4n) is 3.71. The standard InChI is InChI=1S/C21H25F6NO3S/c1-19(2,3)15-6-8-28(9-7-15)18(13-32(29,30)31)5-4-14-10-16(20(22,23)24)12-17(11-14)21(25,26)27/h10-12,15,18H,6-9,13H2,1-3H3,(H,29,30,31). The molecule has 1 heterocycles. The average Bonchev–Trinajstić information content (AvgIpc) is 2.62. The third-order valence-corrected chi connectivity index (χ3v) is 6.27. The van der Waals surface area contributed by atoms with Crippen LogP contribution in [-0.4, -0.2) is 42.8 Å². The molecule has 32 heavy (non-hydrogen) atoms. The highest BCUT2D eigenvalue weighted by Crippen LogP contribution is 2.37. The van der Waals surface area contributed by atoms with E-state index < -0.39 is 51.0 Å². The van der Waals surface area contributed by atoms with Gasteiger partial charge in [-0.2, -0.15) is 34.8 Å². The maximum atomic E-state index is 13.0. The van der Waals surface area contributed by atoms with Gasteiger partial charge in [0.2, 0.25) is 0 Å². The monoisotopic (exact) mass is 485 g/mol. The molecule has 2 rings (SSSR count). The summed E-state index contributed by atoms with van der Waals surface area (Å²) in [4.78, 5) is 1.68. The summed E-state index contributed by atoms with van der Waals surface area (Å²) in [5.41, 5.74) is -3.53. The van der Waals surface area contributed by atoms with Gasteiger partial charge in [-0.3, -0.25) is 9.45 Å². The number of halogens is 6. The molecule has 0 aromatic heterocycles. The van der Waals surface area contributed by atoms with Crippen LogP contribution in [0.3, 0.4) is 0 Å². The highest BCUT2D eigenvalue weighted by molar-refractivity contribution is 7.85. The summed E-state index contributed by atoms with van der Waals surface area (Å²) in [6.45, 7) is 7.11. The van der Waals surface area contributed by atoms with E-state index in [1.807, 2.05) is 0 Å². The number of benzene rings is 1. The highest BCUT2D eigenvalue weighted by Gasteiger charge is 2.37. The van der Waals surface area contributed by atoms with Crippen LogP contribution >= 0.6 is 0 Å². The predicted molar refractivity (Wildman–Crippen MR) is 107 cm³/mol. The maximum Gasteiger partial charge on any atom is 0.416 e. The van der Waals surface area contributed by atoms with Crippen molar-refractivity contribution >= 4 is 10.1 Å². The lowest BCUT2D eigenvalue weighted by atomic mass is 9.75. The largest absolute Gasteiger partial charge is 0.416 e. The molecule has 1 atom stereocenters. The fraction of sp³-hybridized carbons (Fsp3) is 0.619. The number of alkyl halides is 6. The lowest BCUT2D eigenvalue weighted by molar-refractivity contribution is -0.143. The van der Waals surface area contributed by atoms with E-state index in [9.17, 15) is 39.3 Å². The quantitative estimate of drug-likeness (QED) is 0.368. The molecule has 1 saturated heterocycles. The Labute approximate surface area is 183 Å². The topological polar surface area (TPSA) is 57.6 Å². The van der Waals surface area contributed by atoms with E-state index in [0.29, 0.717) is 31.1 Å². The molecular weight excluding hydrogens is 460 g/mol. The van der Waals surface area contributed by atoms with Gasteiger partial charge >= 0.3 is 12.4 Å². The molecule has 1 aliphatic heterocycles. The third-order valence-electron chi connectivity index (χ3n) is 5.53. The van der Waals surface area contributed by atoms with Crippen molar-refractivity contribution in [1.82, 2.24) is 4.90 Å². The molecule has 11 heteroatoms. The van der Waals surface area contributed by atoms with Gasteiger partial charge in [-0.15, -0.1) is 0 Å². The van der Waals surface area contributed by atoms with Gasteiger partial charge in [0.15, 0.2) is 0 Å². The number of nitrogens with zero attached hydrogens (tertiary/aromatic N) is 1. The minimum Gasteiger partial charge on any atom is -0.289 e. The van der Waals surface area contributed by atoms with Crippen molar-refractivity contribution in [3.8, 4) is 11.8 Å². The summed E-state index contributed by atoms with van der Waals surface area (Å²) in [6, 6.07) is -0.107. The van der Waals surface area contributed by atoms with Crippen LogP contribution in [0.5, 0.6) is 0 Å². The van der Waals surface area contributed by atoms with E-state index in [0.717, 1.165) is 12.8 Å². The van der Waals surface area contributed by atoms with Crippen molar-refractivity contribution in [2.75, 3.05) is 18.8 Å². The van der Waals surface area contributed by atoms with Crippen molar-refractivity contribution in [2.24, 2.45) is 11.3 Å². The molecule has 0 amide bonds. The lowest BCUT2D eigenvalue weighted by Gasteiger charge is -2.40. The zero-order valence-electron chi connectivity index (χ0n) is 17.8. The minimum absolute atomic E-state index is 0.00187. The van der Waals surface area contributed by atoms with Crippen LogP contribution in [0.1, 0.15) is 50.3 Å². The van der Waals surface area contributed by atoms with Crippen LogP contribution in [0.4, 0.5) is 26.3 Å². The Hall–Kier alpha value is -1.77. The van der Waals surface area contributed by atoms with E-state index in [1.165, 1.54) is 0 Å². The molecule has 0 bridgehead atoms. The Morgan fingerprint density at radius 3 is 1.84 bits per heavy atom. The van der Waals surface area contributed by atoms with Gasteiger partial charge in [-0.1, -0.05) is 32.6 Å². The van der Waals surface area contributed by atoms with Gasteiger partial charge in [0.25, 0.3) is 10.1 Å². The van der Waals surface area contributed by atoms with Crippen LogP contribution in [0, 0.1) is 23.2 Å². The summed E-state index contributed by atoms with van der Waals surface area (Å²) in [7, 11) is -4.49.